The molecule has 226 valence electrons. The first-order chi connectivity index (χ1) is 19.8. The van der Waals surface area contributed by atoms with E-state index in [1.54, 1.807) is 25.4 Å². The summed E-state index contributed by atoms with van der Waals surface area (Å²) in [5, 5.41) is 21.2. The Morgan fingerprint density at radius 1 is 1.15 bits per heavy atom. The van der Waals surface area contributed by atoms with Crippen LogP contribution in [0.3, 0.4) is 0 Å². The van der Waals surface area contributed by atoms with E-state index < -0.39 is 6.04 Å². The summed E-state index contributed by atoms with van der Waals surface area (Å²) in [5.41, 5.74) is 3.07. The average molecular weight is 568 g/mol. The molecule has 3 rings (SSSR count). The van der Waals surface area contributed by atoms with Crippen LogP contribution in [0.2, 0.25) is 0 Å². The molecule has 0 aliphatic carbocycles. The Hall–Kier alpha value is -3.43. The lowest BCUT2D eigenvalue weighted by atomic mass is 9.86. The number of phenolic OH excluding ortho intramolecular Hbond substituents is 1. The third-order valence-electron chi connectivity index (χ3n) is 7.07. The van der Waals surface area contributed by atoms with E-state index in [9.17, 15) is 9.59 Å². The zero-order chi connectivity index (χ0) is 30.0. The van der Waals surface area contributed by atoms with E-state index in [1.165, 1.54) is 5.56 Å². The molecule has 0 spiro atoms. The van der Waals surface area contributed by atoms with Gasteiger partial charge in [-0.2, -0.15) is 0 Å². The minimum atomic E-state index is -0.516. The number of ether oxygens (including phenoxy) is 1. The lowest BCUT2D eigenvalue weighted by Gasteiger charge is -2.32. The van der Waals surface area contributed by atoms with Gasteiger partial charge in [0.15, 0.2) is 0 Å². The highest BCUT2D eigenvalue weighted by Gasteiger charge is 2.30. The number of rotatable bonds is 5. The van der Waals surface area contributed by atoms with Crippen molar-refractivity contribution in [1.29, 1.82) is 0 Å². The fourth-order valence-electron chi connectivity index (χ4n) is 4.55. The SMILES string of the molecule is CCC/C=C1/C(NC)C(=O)NCC(=O)NCCCc2ncccc2OCCNC1C(C)CC.Cc1ccc(O)cc1. The quantitative estimate of drug-likeness (QED) is 0.349. The number of nitrogens with one attached hydrogen (secondary N) is 4. The fourth-order valence-corrected chi connectivity index (χ4v) is 4.55. The Morgan fingerprint density at radius 3 is 2.56 bits per heavy atom. The predicted octanol–water partition coefficient (Wildman–Crippen LogP) is 3.66. The molecular formula is C32H49N5O4. The zero-order valence-electron chi connectivity index (χ0n) is 25.3. The number of allylic oxidation sites excluding steroid dienone is 1. The third-order valence-corrected chi connectivity index (χ3v) is 7.07. The van der Waals surface area contributed by atoms with E-state index in [4.69, 9.17) is 9.84 Å². The van der Waals surface area contributed by atoms with Gasteiger partial charge in [0.2, 0.25) is 11.8 Å². The van der Waals surface area contributed by atoms with E-state index in [0.29, 0.717) is 37.8 Å². The largest absolute Gasteiger partial charge is 0.508 e. The monoisotopic (exact) mass is 567 g/mol. The second-order valence-electron chi connectivity index (χ2n) is 10.3. The normalized spacial score (nSPS) is 20.8. The van der Waals surface area contributed by atoms with Crippen LogP contribution in [0.4, 0.5) is 0 Å². The molecule has 1 aromatic carbocycles. The molecule has 9 nitrogen and oxygen atoms in total. The van der Waals surface area contributed by atoms with Crippen LogP contribution >= 0.6 is 0 Å². The Labute approximate surface area is 245 Å². The Bertz CT molecular complexity index is 1070. The number of pyridine rings is 1. The molecule has 0 bridgehead atoms. The van der Waals surface area contributed by atoms with E-state index in [2.05, 4.69) is 53.1 Å². The summed E-state index contributed by atoms with van der Waals surface area (Å²) >= 11 is 0. The van der Waals surface area contributed by atoms with Gasteiger partial charge in [0, 0.05) is 25.3 Å². The summed E-state index contributed by atoms with van der Waals surface area (Å²) in [6.45, 7) is 10.1. The number of amides is 2. The van der Waals surface area contributed by atoms with Crippen LogP contribution in [-0.4, -0.2) is 67.3 Å². The number of carbonyl (C=O) groups is 2. The first-order valence-electron chi connectivity index (χ1n) is 14.8. The molecule has 3 atom stereocenters. The number of aromatic nitrogens is 1. The summed E-state index contributed by atoms with van der Waals surface area (Å²) in [7, 11) is 1.79. The number of likely N-dealkylation sites (N-methyl/N-ethyl adjacent to an activating group) is 1. The van der Waals surface area contributed by atoms with Crippen LogP contribution in [0, 0.1) is 12.8 Å². The van der Waals surface area contributed by atoms with Gasteiger partial charge in [-0.15, -0.1) is 0 Å². The van der Waals surface area contributed by atoms with Crippen molar-refractivity contribution in [2.75, 3.05) is 33.3 Å². The summed E-state index contributed by atoms with van der Waals surface area (Å²) in [6, 6.07) is 10.4. The summed E-state index contributed by atoms with van der Waals surface area (Å²) in [5.74, 6) is 1.03. The van der Waals surface area contributed by atoms with Crippen LogP contribution in [0.15, 0.2) is 54.2 Å². The van der Waals surface area contributed by atoms with Gasteiger partial charge in [0.25, 0.3) is 0 Å². The second kappa shape index (κ2) is 18.8. The van der Waals surface area contributed by atoms with Crippen molar-refractivity contribution in [3.05, 3.63) is 65.5 Å². The van der Waals surface area contributed by atoms with Crippen LogP contribution in [0.25, 0.3) is 0 Å². The number of aromatic hydroxyl groups is 1. The van der Waals surface area contributed by atoms with Gasteiger partial charge >= 0.3 is 0 Å². The van der Waals surface area contributed by atoms with Gasteiger partial charge in [0.05, 0.1) is 12.2 Å². The maximum absolute atomic E-state index is 13.1. The molecule has 1 aliphatic heterocycles. The number of fused-ring (bicyclic) bond motifs is 1. The molecule has 41 heavy (non-hydrogen) atoms. The third kappa shape index (κ3) is 11.9. The number of unbranched alkanes of at least 4 members (excludes halogenated alkanes) is 1. The number of benzene rings is 1. The van der Waals surface area contributed by atoms with E-state index >= 15 is 0 Å². The number of aryl methyl sites for hydroxylation is 2. The standard InChI is InChI=1S/C25H41N5O3.C7H8O/c1-5-7-10-19-23(18(3)6-2)29-15-16-33-21-12-9-13-27-20(21)11-8-14-28-22(31)17-30-25(32)24(19)26-4;1-6-2-4-7(8)5-3-6/h9-10,12-13,18,23-24,26,29H,5-8,11,14-17H2,1-4H3,(H,28,31)(H,30,32);2-5,8H,1H3/b19-10+;. The minimum absolute atomic E-state index is 0.00577. The second-order valence-corrected chi connectivity index (χ2v) is 10.3. The Balaban J connectivity index is 0.000000629. The van der Waals surface area contributed by atoms with Crippen molar-refractivity contribution in [3.63, 3.8) is 0 Å². The molecule has 5 N–H and O–H groups in total. The fraction of sp³-hybridized carbons (Fsp3) is 0.531. The van der Waals surface area contributed by atoms with Gasteiger partial charge in [-0.3, -0.25) is 14.6 Å². The molecule has 0 saturated carbocycles. The van der Waals surface area contributed by atoms with E-state index in [0.717, 1.165) is 42.7 Å². The van der Waals surface area contributed by atoms with Gasteiger partial charge in [0.1, 0.15) is 24.1 Å². The van der Waals surface area contributed by atoms with Crippen molar-refractivity contribution in [3.8, 4) is 11.5 Å². The van der Waals surface area contributed by atoms with E-state index in [1.807, 2.05) is 31.2 Å². The molecule has 2 aromatic rings. The number of phenols is 1. The number of nitrogens with zero attached hydrogens (tertiary/aromatic N) is 1. The summed E-state index contributed by atoms with van der Waals surface area (Å²) in [4.78, 5) is 29.8. The highest BCUT2D eigenvalue weighted by molar-refractivity contribution is 5.89. The number of hydrogen-bond donors (Lipinski definition) is 5. The first-order valence-corrected chi connectivity index (χ1v) is 14.8. The van der Waals surface area contributed by atoms with Gasteiger partial charge in [-0.25, -0.2) is 0 Å². The highest BCUT2D eigenvalue weighted by Crippen LogP contribution is 2.21. The highest BCUT2D eigenvalue weighted by atomic mass is 16.5. The summed E-state index contributed by atoms with van der Waals surface area (Å²) in [6.07, 6.45) is 8.21. The molecule has 2 heterocycles. The molecule has 3 unspecified atom stereocenters. The van der Waals surface area contributed by atoms with Crippen LogP contribution < -0.4 is 26.0 Å². The van der Waals surface area contributed by atoms with Gasteiger partial charge < -0.3 is 31.1 Å². The molecule has 0 radical (unpaired) electrons. The smallest absolute Gasteiger partial charge is 0.241 e. The van der Waals surface area contributed by atoms with Crippen molar-refractivity contribution < 1.29 is 19.4 Å². The number of hydrogen-bond acceptors (Lipinski definition) is 7. The van der Waals surface area contributed by atoms with Crippen LogP contribution in [0.1, 0.15) is 57.7 Å². The summed E-state index contributed by atoms with van der Waals surface area (Å²) < 4.78 is 6.06. The topological polar surface area (TPSA) is 125 Å². The molecule has 2 amide bonds. The molecule has 1 aromatic heterocycles. The van der Waals surface area contributed by atoms with Crippen molar-refractivity contribution in [1.82, 2.24) is 26.3 Å². The first kappa shape index (κ1) is 33.8. The lowest BCUT2D eigenvalue weighted by molar-refractivity contribution is -0.126. The maximum atomic E-state index is 13.1. The minimum Gasteiger partial charge on any atom is -0.508 e. The van der Waals surface area contributed by atoms with Gasteiger partial charge in [-0.05, 0) is 69.0 Å². The molecule has 9 heteroatoms. The van der Waals surface area contributed by atoms with Crippen molar-refractivity contribution in [2.24, 2.45) is 5.92 Å². The Morgan fingerprint density at radius 2 is 1.90 bits per heavy atom. The van der Waals surface area contributed by atoms with E-state index in [-0.39, 0.29) is 24.4 Å². The zero-order valence-corrected chi connectivity index (χ0v) is 25.3. The van der Waals surface area contributed by atoms with Crippen molar-refractivity contribution >= 4 is 11.8 Å². The van der Waals surface area contributed by atoms with Crippen molar-refractivity contribution in [2.45, 2.75) is 71.9 Å². The van der Waals surface area contributed by atoms with Crippen LogP contribution in [-0.2, 0) is 16.0 Å². The molecule has 1 aliphatic rings. The number of carbonyl (C=O) groups excluding carboxylic acids is 2. The lowest BCUT2D eigenvalue weighted by Crippen LogP contribution is -2.52. The molecule has 0 fully saturated rings. The molecular weight excluding hydrogens is 518 g/mol. The van der Waals surface area contributed by atoms with Crippen LogP contribution in [0.5, 0.6) is 11.5 Å². The Kier molecular flexibility index (Phi) is 15.5. The predicted molar refractivity (Wildman–Crippen MR) is 164 cm³/mol. The average Bonchev–Trinajstić information content (AvgIpc) is 2.98. The molecule has 0 saturated heterocycles. The van der Waals surface area contributed by atoms with Gasteiger partial charge in [-0.1, -0.05) is 57.4 Å². The maximum Gasteiger partial charge on any atom is 0.241 e.